The summed E-state index contributed by atoms with van der Waals surface area (Å²) in [6, 6.07) is -0.0828. The Kier molecular flexibility index (Phi) is 3.18. The first-order valence-corrected chi connectivity index (χ1v) is 7.43. The Bertz CT molecular complexity index is 453. The van der Waals surface area contributed by atoms with E-state index < -0.39 is 11.6 Å². The average molecular weight is 279 g/mol. The molecule has 0 radical (unpaired) electrons. The van der Waals surface area contributed by atoms with Gasteiger partial charge in [-0.15, -0.1) is 0 Å². The molecule has 20 heavy (non-hydrogen) atoms. The van der Waals surface area contributed by atoms with E-state index in [1.807, 2.05) is 0 Å². The highest BCUT2D eigenvalue weighted by Gasteiger charge is 2.53. The highest BCUT2D eigenvalue weighted by Crippen LogP contribution is 2.37. The smallest absolute Gasteiger partial charge is 0.325 e. The van der Waals surface area contributed by atoms with Crippen molar-refractivity contribution in [2.75, 3.05) is 13.6 Å². The van der Waals surface area contributed by atoms with Gasteiger partial charge < -0.3 is 9.80 Å². The largest absolute Gasteiger partial charge is 0.341 e. The molecule has 3 aliphatic rings. The van der Waals surface area contributed by atoms with Gasteiger partial charge in [-0.2, -0.15) is 0 Å². The Morgan fingerprint density at radius 3 is 2.55 bits per heavy atom. The Morgan fingerprint density at radius 2 is 1.95 bits per heavy atom. The van der Waals surface area contributed by atoms with Crippen molar-refractivity contribution in [1.29, 1.82) is 0 Å². The number of hydrogen-bond donors (Lipinski definition) is 1. The lowest BCUT2D eigenvalue weighted by Gasteiger charge is -2.38. The van der Waals surface area contributed by atoms with Crippen molar-refractivity contribution in [2.24, 2.45) is 0 Å². The number of nitrogens with one attached hydrogen (secondary N) is 1. The topological polar surface area (TPSA) is 69.7 Å². The van der Waals surface area contributed by atoms with Gasteiger partial charge in [0, 0.05) is 13.1 Å². The monoisotopic (exact) mass is 279 g/mol. The molecule has 3 fully saturated rings. The molecule has 1 N–H and O–H groups in total. The van der Waals surface area contributed by atoms with Gasteiger partial charge in [-0.3, -0.25) is 14.9 Å². The second-order valence-electron chi connectivity index (χ2n) is 6.17. The number of likely N-dealkylation sites (N-methyl/N-ethyl adjacent to an activating group) is 1. The normalized spacial score (nSPS) is 24.9. The number of imide groups is 1. The van der Waals surface area contributed by atoms with Crippen LogP contribution in [0.25, 0.3) is 0 Å². The summed E-state index contributed by atoms with van der Waals surface area (Å²) in [5, 5.41) is 2.39. The summed E-state index contributed by atoms with van der Waals surface area (Å²) < 4.78 is 0. The fourth-order valence-electron chi connectivity index (χ4n) is 3.37. The lowest BCUT2D eigenvalue weighted by molar-refractivity contribution is -0.134. The second-order valence-corrected chi connectivity index (χ2v) is 6.17. The molecule has 1 saturated heterocycles. The number of amides is 4. The van der Waals surface area contributed by atoms with Gasteiger partial charge in [-0.1, -0.05) is 19.3 Å². The van der Waals surface area contributed by atoms with Crippen molar-refractivity contribution < 1.29 is 14.4 Å². The van der Waals surface area contributed by atoms with Crippen LogP contribution < -0.4 is 5.32 Å². The number of hydrogen-bond acceptors (Lipinski definition) is 3. The van der Waals surface area contributed by atoms with Crippen LogP contribution in [0.2, 0.25) is 0 Å². The third-order valence-corrected chi connectivity index (χ3v) is 4.87. The van der Waals surface area contributed by atoms with E-state index in [4.69, 9.17) is 0 Å². The van der Waals surface area contributed by atoms with E-state index in [2.05, 4.69) is 5.32 Å². The summed E-state index contributed by atoms with van der Waals surface area (Å²) in [6.07, 6.45) is 6.38. The van der Waals surface area contributed by atoms with Gasteiger partial charge in [0.05, 0.1) is 0 Å². The van der Waals surface area contributed by atoms with Gasteiger partial charge in [0.25, 0.3) is 5.91 Å². The summed E-state index contributed by atoms with van der Waals surface area (Å²) in [5.74, 6) is -0.286. The van der Waals surface area contributed by atoms with E-state index in [0.29, 0.717) is 18.9 Å². The van der Waals surface area contributed by atoms with Crippen LogP contribution in [0, 0.1) is 0 Å². The number of rotatable bonds is 3. The minimum absolute atomic E-state index is 0.0184. The molecule has 1 aliphatic heterocycles. The minimum atomic E-state index is -0.768. The predicted octanol–water partition coefficient (Wildman–Crippen LogP) is 0.862. The Balaban J connectivity index is 1.76. The van der Waals surface area contributed by atoms with Gasteiger partial charge in [0.2, 0.25) is 5.91 Å². The van der Waals surface area contributed by atoms with Crippen molar-refractivity contribution >= 4 is 17.8 Å². The van der Waals surface area contributed by atoms with Crippen molar-refractivity contribution in [3.05, 3.63) is 0 Å². The molecule has 0 atom stereocenters. The van der Waals surface area contributed by atoms with Crippen LogP contribution in [0.4, 0.5) is 4.79 Å². The zero-order valence-corrected chi connectivity index (χ0v) is 11.9. The molecule has 6 heteroatoms. The van der Waals surface area contributed by atoms with Gasteiger partial charge in [-0.25, -0.2) is 4.79 Å². The Hall–Kier alpha value is -1.59. The third kappa shape index (κ3) is 2.07. The maximum Gasteiger partial charge on any atom is 0.325 e. The predicted molar refractivity (Wildman–Crippen MR) is 71.9 cm³/mol. The molecule has 1 heterocycles. The second kappa shape index (κ2) is 4.75. The molecule has 6 nitrogen and oxygen atoms in total. The van der Waals surface area contributed by atoms with E-state index >= 15 is 0 Å². The lowest BCUT2D eigenvalue weighted by atomic mass is 9.80. The summed E-state index contributed by atoms with van der Waals surface area (Å²) in [4.78, 5) is 39.6. The molecule has 4 amide bonds. The molecule has 3 rings (SSSR count). The fraction of sp³-hybridized carbons (Fsp3) is 0.786. The molecule has 0 aromatic rings. The molecule has 2 saturated carbocycles. The maximum absolute atomic E-state index is 12.3. The number of carbonyl (C=O) groups is 3. The first kappa shape index (κ1) is 13.4. The van der Waals surface area contributed by atoms with E-state index in [-0.39, 0.29) is 18.4 Å². The number of urea groups is 1. The van der Waals surface area contributed by atoms with E-state index in [9.17, 15) is 14.4 Å². The maximum atomic E-state index is 12.3. The molecular weight excluding hydrogens is 258 g/mol. The fourth-order valence-corrected chi connectivity index (χ4v) is 3.37. The van der Waals surface area contributed by atoms with Crippen LogP contribution in [0.15, 0.2) is 0 Å². The van der Waals surface area contributed by atoms with Gasteiger partial charge in [-0.05, 0) is 25.7 Å². The molecule has 0 aromatic heterocycles. The Morgan fingerprint density at radius 1 is 1.30 bits per heavy atom. The van der Waals surface area contributed by atoms with Crippen molar-refractivity contribution in [2.45, 2.75) is 56.5 Å². The average Bonchev–Trinajstić information content (AvgIpc) is 3.25. The SMILES string of the molecule is CN(C(=O)CN1C(=O)NC(=O)C12CCCCC2)C1CC1. The van der Waals surface area contributed by atoms with Crippen LogP contribution in [-0.4, -0.2) is 52.8 Å². The summed E-state index contributed by atoms with van der Waals surface area (Å²) in [6.45, 7) is 0.0184. The molecule has 110 valence electrons. The third-order valence-electron chi connectivity index (χ3n) is 4.87. The lowest BCUT2D eigenvalue weighted by Crippen LogP contribution is -2.54. The summed E-state index contributed by atoms with van der Waals surface area (Å²) >= 11 is 0. The molecule has 2 aliphatic carbocycles. The molecule has 1 spiro atoms. The number of nitrogens with zero attached hydrogens (tertiary/aromatic N) is 2. The summed E-state index contributed by atoms with van der Waals surface area (Å²) in [5.41, 5.74) is -0.768. The van der Waals surface area contributed by atoms with Gasteiger partial charge >= 0.3 is 6.03 Å². The van der Waals surface area contributed by atoms with Crippen LogP contribution in [0.3, 0.4) is 0 Å². The first-order chi connectivity index (χ1) is 9.54. The highest BCUT2D eigenvalue weighted by atomic mass is 16.2. The standard InChI is InChI=1S/C14H21N3O3/c1-16(10-5-6-10)11(18)9-17-13(20)15-12(19)14(17)7-3-2-4-8-14/h10H,2-9H2,1H3,(H,15,19,20). The summed E-state index contributed by atoms with van der Waals surface area (Å²) in [7, 11) is 1.78. The van der Waals surface area contributed by atoms with Crippen molar-refractivity contribution in [1.82, 2.24) is 15.1 Å². The highest BCUT2D eigenvalue weighted by molar-refractivity contribution is 6.08. The van der Waals surface area contributed by atoms with Gasteiger partial charge in [0.1, 0.15) is 12.1 Å². The quantitative estimate of drug-likeness (QED) is 0.779. The van der Waals surface area contributed by atoms with Crippen LogP contribution in [0.1, 0.15) is 44.9 Å². The van der Waals surface area contributed by atoms with Crippen LogP contribution >= 0.6 is 0 Å². The van der Waals surface area contributed by atoms with E-state index in [0.717, 1.165) is 32.1 Å². The zero-order chi connectivity index (χ0) is 14.3. The van der Waals surface area contributed by atoms with Crippen molar-refractivity contribution in [3.63, 3.8) is 0 Å². The molecule has 0 bridgehead atoms. The van der Waals surface area contributed by atoms with Crippen LogP contribution in [-0.2, 0) is 9.59 Å². The van der Waals surface area contributed by atoms with Crippen molar-refractivity contribution in [3.8, 4) is 0 Å². The van der Waals surface area contributed by atoms with Crippen LogP contribution in [0.5, 0.6) is 0 Å². The van der Waals surface area contributed by atoms with E-state index in [1.54, 1.807) is 11.9 Å². The molecule has 0 unspecified atom stereocenters. The van der Waals surface area contributed by atoms with Gasteiger partial charge in [0.15, 0.2) is 0 Å². The Labute approximate surface area is 118 Å². The zero-order valence-electron chi connectivity index (χ0n) is 11.9. The first-order valence-electron chi connectivity index (χ1n) is 7.43. The minimum Gasteiger partial charge on any atom is -0.341 e. The number of carbonyl (C=O) groups excluding carboxylic acids is 3. The van der Waals surface area contributed by atoms with E-state index in [1.165, 1.54) is 4.90 Å². The molecule has 0 aromatic carbocycles. The molecular formula is C14H21N3O3.